The number of carbonyl (C=O) groups is 3. The molecule has 2 saturated heterocycles. The highest BCUT2D eigenvalue weighted by Gasteiger charge is 2.40. The molecule has 2 aliphatic rings. The number of aliphatic carboxylic acids is 1. The fourth-order valence-electron chi connectivity index (χ4n) is 4.05. The van der Waals surface area contributed by atoms with Gasteiger partial charge in [-0.2, -0.15) is 0 Å². The number of nitrogens with zero attached hydrogens (tertiary/aromatic N) is 1. The number of amides is 3. The van der Waals surface area contributed by atoms with Crippen molar-refractivity contribution < 1.29 is 24.2 Å². The highest BCUT2D eigenvalue weighted by atomic mass is 16.5. The van der Waals surface area contributed by atoms with Gasteiger partial charge in [0.15, 0.2) is 0 Å². The maximum absolute atomic E-state index is 12.4. The Kier molecular flexibility index (Phi) is 6.86. The van der Waals surface area contributed by atoms with Crippen molar-refractivity contribution in [2.75, 3.05) is 26.2 Å². The topological polar surface area (TPSA) is 122 Å². The molecule has 0 aliphatic carbocycles. The SMILES string of the molecule is CCC(CC)(CNC(=O)N1CCC([C@H]2OCC[C@@H]2C(N)=O)CC1)C(=O)O. The summed E-state index contributed by atoms with van der Waals surface area (Å²) >= 11 is 0. The summed E-state index contributed by atoms with van der Waals surface area (Å²) in [6.45, 7) is 5.48. The third-order valence-electron chi connectivity index (χ3n) is 6.18. The van der Waals surface area contributed by atoms with Crippen molar-refractivity contribution in [3.63, 3.8) is 0 Å². The van der Waals surface area contributed by atoms with Gasteiger partial charge in [0.25, 0.3) is 0 Å². The molecule has 0 bridgehead atoms. The summed E-state index contributed by atoms with van der Waals surface area (Å²) in [5, 5.41) is 12.2. The molecule has 8 nitrogen and oxygen atoms in total. The molecule has 2 aliphatic heterocycles. The van der Waals surface area contributed by atoms with E-state index in [4.69, 9.17) is 10.5 Å². The molecule has 3 amide bonds. The van der Waals surface area contributed by atoms with Crippen molar-refractivity contribution in [1.82, 2.24) is 10.2 Å². The van der Waals surface area contributed by atoms with Crippen LogP contribution in [0.5, 0.6) is 0 Å². The number of carbonyl (C=O) groups excluding carboxylic acids is 2. The number of hydrogen-bond donors (Lipinski definition) is 3. The number of hydrogen-bond acceptors (Lipinski definition) is 4. The average Bonchev–Trinajstić information content (AvgIpc) is 3.13. The lowest BCUT2D eigenvalue weighted by molar-refractivity contribution is -0.149. The summed E-state index contributed by atoms with van der Waals surface area (Å²) in [6, 6.07) is -0.227. The van der Waals surface area contributed by atoms with Crippen LogP contribution in [0.25, 0.3) is 0 Å². The Bertz CT molecular complexity index is 527. The smallest absolute Gasteiger partial charge is 0.317 e. The van der Waals surface area contributed by atoms with Gasteiger partial charge >= 0.3 is 12.0 Å². The molecule has 2 rings (SSSR count). The van der Waals surface area contributed by atoms with Gasteiger partial charge < -0.3 is 25.8 Å². The van der Waals surface area contributed by atoms with E-state index in [1.54, 1.807) is 4.90 Å². The number of urea groups is 1. The Hall–Kier alpha value is -1.83. The van der Waals surface area contributed by atoms with Crippen molar-refractivity contribution >= 4 is 17.9 Å². The molecule has 0 aromatic heterocycles. The van der Waals surface area contributed by atoms with Gasteiger partial charge in [-0.3, -0.25) is 9.59 Å². The lowest BCUT2D eigenvalue weighted by atomic mass is 9.82. The number of ether oxygens (including phenoxy) is 1. The highest BCUT2D eigenvalue weighted by Crippen LogP contribution is 2.33. The van der Waals surface area contributed by atoms with E-state index >= 15 is 0 Å². The minimum atomic E-state index is -0.916. The van der Waals surface area contributed by atoms with Gasteiger partial charge in [-0.25, -0.2) is 4.79 Å². The molecule has 0 aromatic carbocycles. The monoisotopic (exact) mass is 369 g/mol. The zero-order valence-electron chi connectivity index (χ0n) is 15.7. The van der Waals surface area contributed by atoms with Crippen molar-refractivity contribution in [3.05, 3.63) is 0 Å². The van der Waals surface area contributed by atoms with Crippen LogP contribution in [0.4, 0.5) is 4.79 Å². The largest absolute Gasteiger partial charge is 0.481 e. The number of nitrogens with one attached hydrogen (secondary N) is 1. The van der Waals surface area contributed by atoms with Crippen LogP contribution < -0.4 is 11.1 Å². The van der Waals surface area contributed by atoms with Crippen molar-refractivity contribution in [1.29, 1.82) is 0 Å². The zero-order chi connectivity index (χ0) is 19.3. The number of primary amides is 1. The number of nitrogens with two attached hydrogens (primary N) is 1. The number of likely N-dealkylation sites (tertiary alicyclic amines) is 1. The lowest BCUT2D eigenvalue weighted by Crippen LogP contribution is -2.50. The van der Waals surface area contributed by atoms with Gasteiger partial charge in [-0.05, 0) is 38.0 Å². The number of rotatable bonds is 7. The highest BCUT2D eigenvalue weighted by molar-refractivity contribution is 5.78. The van der Waals surface area contributed by atoms with Crippen LogP contribution in [0.3, 0.4) is 0 Å². The first kappa shape index (κ1) is 20.5. The molecule has 2 atom stereocenters. The molecule has 8 heteroatoms. The first-order chi connectivity index (χ1) is 12.3. The van der Waals surface area contributed by atoms with E-state index < -0.39 is 11.4 Å². The zero-order valence-corrected chi connectivity index (χ0v) is 15.7. The molecular weight excluding hydrogens is 338 g/mol. The van der Waals surface area contributed by atoms with Crippen LogP contribution >= 0.6 is 0 Å². The molecule has 2 fully saturated rings. The van der Waals surface area contributed by atoms with E-state index in [1.807, 2.05) is 13.8 Å². The summed E-state index contributed by atoms with van der Waals surface area (Å²) in [4.78, 5) is 37.2. The first-order valence-corrected chi connectivity index (χ1v) is 9.51. The summed E-state index contributed by atoms with van der Waals surface area (Å²) in [5.41, 5.74) is 4.54. The Balaban J connectivity index is 1.84. The second-order valence-electron chi connectivity index (χ2n) is 7.41. The molecule has 4 N–H and O–H groups in total. The molecular formula is C18H31N3O5. The van der Waals surface area contributed by atoms with Crippen LogP contribution in [-0.4, -0.2) is 60.3 Å². The van der Waals surface area contributed by atoms with Gasteiger partial charge in [-0.15, -0.1) is 0 Å². The van der Waals surface area contributed by atoms with Gasteiger partial charge in [0, 0.05) is 26.2 Å². The van der Waals surface area contributed by atoms with E-state index in [2.05, 4.69) is 5.32 Å². The summed E-state index contributed by atoms with van der Waals surface area (Å²) in [6.07, 6.45) is 2.98. The van der Waals surface area contributed by atoms with Gasteiger partial charge in [0.05, 0.1) is 17.4 Å². The Morgan fingerprint density at radius 2 is 1.81 bits per heavy atom. The molecule has 148 valence electrons. The fraction of sp³-hybridized carbons (Fsp3) is 0.833. The predicted molar refractivity (Wildman–Crippen MR) is 95.4 cm³/mol. The quantitative estimate of drug-likeness (QED) is 0.622. The van der Waals surface area contributed by atoms with Gasteiger partial charge in [0.2, 0.25) is 5.91 Å². The molecule has 26 heavy (non-hydrogen) atoms. The van der Waals surface area contributed by atoms with E-state index in [9.17, 15) is 19.5 Å². The van der Waals surface area contributed by atoms with E-state index in [-0.39, 0.29) is 36.4 Å². The van der Waals surface area contributed by atoms with E-state index in [0.29, 0.717) is 39.0 Å². The van der Waals surface area contributed by atoms with Gasteiger partial charge in [0.1, 0.15) is 0 Å². The summed E-state index contributed by atoms with van der Waals surface area (Å²) in [7, 11) is 0. The molecule has 0 aromatic rings. The second-order valence-corrected chi connectivity index (χ2v) is 7.41. The van der Waals surface area contributed by atoms with Gasteiger partial charge in [-0.1, -0.05) is 13.8 Å². The molecule has 0 radical (unpaired) electrons. The number of carboxylic acid groups (broad SMARTS) is 1. The predicted octanol–water partition coefficient (Wildman–Crippen LogP) is 1.19. The maximum atomic E-state index is 12.4. The first-order valence-electron chi connectivity index (χ1n) is 9.51. The van der Waals surface area contributed by atoms with Crippen molar-refractivity contribution in [3.8, 4) is 0 Å². The van der Waals surface area contributed by atoms with Crippen molar-refractivity contribution in [2.45, 2.75) is 52.1 Å². The third kappa shape index (κ3) is 4.28. The molecule has 0 unspecified atom stereocenters. The van der Waals surface area contributed by atoms with Crippen LogP contribution in [0.2, 0.25) is 0 Å². The minimum Gasteiger partial charge on any atom is -0.481 e. The Labute approximate surface area is 154 Å². The number of carboxylic acids is 1. The maximum Gasteiger partial charge on any atom is 0.317 e. The normalized spacial score (nSPS) is 24.5. The van der Waals surface area contributed by atoms with Crippen LogP contribution in [-0.2, 0) is 14.3 Å². The third-order valence-corrected chi connectivity index (χ3v) is 6.18. The van der Waals surface area contributed by atoms with Crippen LogP contribution in [0, 0.1) is 17.3 Å². The van der Waals surface area contributed by atoms with Crippen molar-refractivity contribution in [2.24, 2.45) is 23.0 Å². The Morgan fingerprint density at radius 1 is 1.19 bits per heavy atom. The molecule has 2 heterocycles. The Morgan fingerprint density at radius 3 is 2.31 bits per heavy atom. The molecule has 0 saturated carbocycles. The van der Waals surface area contributed by atoms with Crippen LogP contribution in [0.15, 0.2) is 0 Å². The average molecular weight is 369 g/mol. The summed E-state index contributed by atoms with van der Waals surface area (Å²) in [5.74, 6) is -1.19. The minimum absolute atomic E-state index is 0.129. The van der Waals surface area contributed by atoms with E-state index in [0.717, 1.165) is 12.8 Å². The molecule has 0 spiro atoms. The summed E-state index contributed by atoms with van der Waals surface area (Å²) < 4.78 is 5.72. The standard InChI is InChI=1S/C18H31N3O5/c1-3-18(4-2,16(23)24)11-20-17(25)21-8-5-12(6-9-21)14-13(15(19)22)7-10-26-14/h12-14H,3-11H2,1-2H3,(H2,19,22)(H,20,25)(H,23,24)/t13-,14+/m0/s1. The number of piperidine rings is 1. The van der Waals surface area contributed by atoms with Crippen LogP contribution in [0.1, 0.15) is 46.0 Å². The second kappa shape index (κ2) is 8.70. The lowest BCUT2D eigenvalue weighted by Gasteiger charge is -2.36. The fourth-order valence-corrected chi connectivity index (χ4v) is 4.05. The van der Waals surface area contributed by atoms with E-state index in [1.165, 1.54) is 0 Å².